The first-order valence-corrected chi connectivity index (χ1v) is 7.20. The highest BCUT2D eigenvalue weighted by molar-refractivity contribution is 5.83. The Kier molecular flexibility index (Phi) is 3.85. The Balaban J connectivity index is 1.68. The van der Waals surface area contributed by atoms with Crippen molar-refractivity contribution in [3.05, 3.63) is 40.0 Å². The molecule has 0 amide bonds. The van der Waals surface area contributed by atoms with Crippen LogP contribution in [0, 0.1) is 10.1 Å². The van der Waals surface area contributed by atoms with E-state index in [4.69, 9.17) is 4.42 Å². The largest absolute Gasteiger partial charge is 0.423 e. The quantitative estimate of drug-likeness (QED) is 0.510. The Labute approximate surface area is 122 Å². The summed E-state index contributed by atoms with van der Waals surface area (Å²) in [7, 11) is 0. The lowest BCUT2D eigenvalue weighted by Gasteiger charge is -2.12. The van der Waals surface area contributed by atoms with Gasteiger partial charge in [0.2, 0.25) is 0 Å². The number of hydrogen-bond acceptors (Lipinski definition) is 5. The minimum absolute atomic E-state index is 0.0284. The molecule has 0 bridgehead atoms. The van der Waals surface area contributed by atoms with E-state index in [1.54, 1.807) is 12.1 Å². The lowest BCUT2D eigenvalue weighted by atomic mass is 9.97. The number of aromatic nitrogens is 1. The van der Waals surface area contributed by atoms with Crippen molar-refractivity contribution in [1.82, 2.24) is 4.98 Å². The molecule has 0 fully saturated rings. The fourth-order valence-electron chi connectivity index (χ4n) is 2.62. The number of rotatable bonds is 5. The van der Waals surface area contributed by atoms with E-state index in [1.807, 2.05) is 0 Å². The Morgan fingerprint density at radius 1 is 1.38 bits per heavy atom. The van der Waals surface area contributed by atoms with Crippen molar-refractivity contribution in [2.45, 2.75) is 32.1 Å². The molecule has 6 nitrogen and oxygen atoms in total. The van der Waals surface area contributed by atoms with Crippen molar-refractivity contribution in [1.29, 1.82) is 0 Å². The molecular weight excluding hydrogens is 270 g/mol. The van der Waals surface area contributed by atoms with Crippen LogP contribution in [0.2, 0.25) is 0 Å². The van der Waals surface area contributed by atoms with E-state index in [0.29, 0.717) is 17.1 Å². The number of anilines is 1. The van der Waals surface area contributed by atoms with Crippen LogP contribution in [0.1, 0.15) is 32.1 Å². The van der Waals surface area contributed by atoms with Gasteiger partial charge in [-0.15, -0.1) is 0 Å². The number of oxazole rings is 1. The Bertz CT molecular complexity index is 691. The molecule has 6 heteroatoms. The zero-order chi connectivity index (χ0) is 14.7. The van der Waals surface area contributed by atoms with Crippen LogP contribution in [0.15, 0.2) is 34.3 Å². The summed E-state index contributed by atoms with van der Waals surface area (Å²) in [6, 6.07) is 5.06. The number of para-hydroxylation sites is 1. The molecule has 0 spiro atoms. The summed E-state index contributed by atoms with van der Waals surface area (Å²) in [5, 5.41) is 14.0. The van der Waals surface area contributed by atoms with Gasteiger partial charge in [0.05, 0.1) is 4.92 Å². The maximum absolute atomic E-state index is 10.9. The first kappa shape index (κ1) is 13.6. The third kappa shape index (κ3) is 3.04. The number of nitro groups is 1. The van der Waals surface area contributed by atoms with Crippen LogP contribution < -0.4 is 5.32 Å². The fourth-order valence-corrected chi connectivity index (χ4v) is 2.62. The lowest BCUT2D eigenvalue weighted by Crippen LogP contribution is -2.04. The number of fused-ring (bicyclic) bond motifs is 1. The molecule has 0 atom stereocenters. The van der Waals surface area contributed by atoms with E-state index in [9.17, 15) is 10.1 Å². The van der Waals surface area contributed by atoms with Crippen LogP contribution >= 0.6 is 0 Å². The lowest BCUT2D eigenvalue weighted by molar-refractivity contribution is -0.383. The predicted octanol–water partition coefficient (Wildman–Crippen LogP) is 4.04. The number of non-ortho nitro benzene ring substituents is 1. The number of benzene rings is 1. The minimum atomic E-state index is -0.443. The van der Waals surface area contributed by atoms with Crippen LogP contribution in [0.5, 0.6) is 0 Å². The van der Waals surface area contributed by atoms with Crippen molar-refractivity contribution < 1.29 is 9.34 Å². The summed E-state index contributed by atoms with van der Waals surface area (Å²) in [5.74, 6) is 0. The zero-order valence-corrected chi connectivity index (χ0v) is 11.7. The number of nitrogens with zero attached hydrogens (tertiary/aromatic N) is 2. The molecule has 3 rings (SSSR count). The second kappa shape index (κ2) is 5.95. The van der Waals surface area contributed by atoms with Crippen molar-refractivity contribution in [3.8, 4) is 0 Å². The Hall–Kier alpha value is -2.37. The standard InChI is InChI=1S/C15H17N3O3/c19-18(20)12-7-4-8-13-14(12)17-15(21-13)16-10-9-11-5-2-1-3-6-11/h4-5,7-8H,1-3,6,9-10H2,(H,16,17). The number of allylic oxidation sites excluding steroid dienone is 1. The van der Waals surface area contributed by atoms with Crippen molar-refractivity contribution >= 4 is 22.8 Å². The number of hydrogen-bond donors (Lipinski definition) is 1. The topological polar surface area (TPSA) is 81.2 Å². The van der Waals surface area contributed by atoms with Gasteiger partial charge >= 0.3 is 0 Å². The van der Waals surface area contributed by atoms with E-state index < -0.39 is 4.92 Å². The average molecular weight is 287 g/mol. The van der Waals surface area contributed by atoms with Crippen LogP contribution in [0.3, 0.4) is 0 Å². The number of nitrogens with one attached hydrogen (secondary N) is 1. The van der Waals surface area contributed by atoms with Crippen LogP contribution in [-0.4, -0.2) is 16.5 Å². The van der Waals surface area contributed by atoms with Gasteiger partial charge in [-0.25, -0.2) is 0 Å². The average Bonchev–Trinajstić information content (AvgIpc) is 2.90. The molecule has 1 aromatic heterocycles. The van der Waals surface area contributed by atoms with Gasteiger partial charge in [0.25, 0.3) is 11.7 Å². The second-order valence-electron chi connectivity index (χ2n) is 5.18. The normalized spacial score (nSPS) is 15.0. The monoisotopic (exact) mass is 287 g/mol. The molecule has 1 aromatic carbocycles. The maximum Gasteiger partial charge on any atom is 0.298 e. The van der Waals surface area contributed by atoms with Gasteiger partial charge < -0.3 is 9.73 Å². The van der Waals surface area contributed by atoms with E-state index in [0.717, 1.165) is 13.0 Å². The van der Waals surface area contributed by atoms with Crippen molar-refractivity contribution in [2.24, 2.45) is 0 Å². The highest BCUT2D eigenvalue weighted by Crippen LogP contribution is 2.27. The predicted molar refractivity (Wildman–Crippen MR) is 80.3 cm³/mol. The molecule has 0 aliphatic heterocycles. The first-order valence-electron chi connectivity index (χ1n) is 7.20. The van der Waals surface area contributed by atoms with Gasteiger partial charge in [0.15, 0.2) is 11.1 Å². The molecule has 1 aliphatic carbocycles. The van der Waals surface area contributed by atoms with E-state index in [1.165, 1.54) is 37.3 Å². The summed E-state index contributed by atoms with van der Waals surface area (Å²) in [6.07, 6.45) is 8.15. The third-order valence-electron chi connectivity index (χ3n) is 3.70. The molecule has 1 N–H and O–H groups in total. The van der Waals surface area contributed by atoms with Crippen LogP contribution in [0.25, 0.3) is 11.1 Å². The maximum atomic E-state index is 10.9. The smallest absolute Gasteiger partial charge is 0.298 e. The van der Waals surface area contributed by atoms with Gasteiger partial charge in [-0.2, -0.15) is 4.98 Å². The summed E-state index contributed by atoms with van der Waals surface area (Å²) in [6.45, 7) is 0.729. The molecule has 0 unspecified atom stereocenters. The van der Waals surface area contributed by atoms with Gasteiger partial charge in [-0.1, -0.05) is 17.7 Å². The molecule has 0 saturated carbocycles. The van der Waals surface area contributed by atoms with Gasteiger partial charge in [0.1, 0.15) is 0 Å². The van der Waals surface area contributed by atoms with Crippen LogP contribution in [0.4, 0.5) is 11.7 Å². The first-order chi connectivity index (χ1) is 10.2. The van der Waals surface area contributed by atoms with E-state index in [2.05, 4.69) is 16.4 Å². The van der Waals surface area contributed by atoms with Crippen molar-refractivity contribution in [2.75, 3.05) is 11.9 Å². The van der Waals surface area contributed by atoms with Gasteiger partial charge in [0, 0.05) is 12.6 Å². The molecule has 1 heterocycles. The molecule has 0 saturated heterocycles. The van der Waals surface area contributed by atoms with Gasteiger partial charge in [-0.05, 0) is 38.2 Å². The highest BCUT2D eigenvalue weighted by Gasteiger charge is 2.17. The SMILES string of the molecule is O=[N+]([O-])c1cccc2oc(NCCC3=CCCCC3)nc12. The van der Waals surface area contributed by atoms with E-state index in [-0.39, 0.29) is 5.69 Å². The molecule has 21 heavy (non-hydrogen) atoms. The molecule has 0 radical (unpaired) electrons. The fraction of sp³-hybridized carbons (Fsp3) is 0.400. The summed E-state index contributed by atoms with van der Waals surface area (Å²) < 4.78 is 5.50. The van der Waals surface area contributed by atoms with Crippen molar-refractivity contribution in [3.63, 3.8) is 0 Å². The highest BCUT2D eigenvalue weighted by atomic mass is 16.6. The zero-order valence-electron chi connectivity index (χ0n) is 11.7. The Morgan fingerprint density at radius 2 is 2.29 bits per heavy atom. The molecule has 1 aliphatic rings. The summed E-state index contributed by atoms with van der Waals surface area (Å²) in [4.78, 5) is 14.7. The third-order valence-corrected chi connectivity index (χ3v) is 3.70. The van der Waals surface area contributed by atoms with Crippen LogP contribution in [-0.2, 0) is 0 Å². The van der Waals surface area contributed by atoms with Gasteiger partial charge in [-0.3, -0.25) is 10.1 Å². The summed E-state index contributed by atoms with van der Waals surface area (Å²) >= 11 is 0. The van der Waals surface area contributed by atoms with E-state index >= 15 is 0 Å². The minimum Gasteiger partial charge on any atom is -0.423 e. The number of nitro benzene ring substituents is 1. The molecule has 110 valence electrons. The Morgan fingerprint density at radius 3 is 3.05 bits per heavy atom. The second-order valence-corrected chi connectivity index (χ2v) is 5.18. The molecular formula is C15H17N3O3. The molecule has 2 aromatic rings. The summed E-state index contributed by atoms with van der Waals surface area (Å²) in [5.41, 5.74) is 2.17.